The summed E-state index contributed by atoms with van der Waals surface area (Å²) in [5.41, 5.74) is 0.339. The number of aromatic nitrogens is 2. The summed E-state index contributed by atoms with van der Waals surface area (Å²) in [6, 6.07) is 5.74. The van der Waals surface area contributed by atoms with Gasteiger partial charge in [0.2, 0.25) is 15.2 Å². The van der Waals surface area contributed by atoms with E-state index in [1.807, 2.05) is 0 Å². The van der Waals surface area contributed by atoms with Crippen molar-refractivity contribution >= 4 is 32.4 Å². The van der Waals surface area contributed by atoms with Gasteiger partial charge < -0.3 is 4.74 Å². The Labute approximate surface area is 149 Å². The van der Waals surface area contributed by atoms with Crippen LogP contribution < -0.4 is 5.32 Å². The maximum atomic E-state index is 12.3. The lowest BCUT2D eigenvalue weighted by Crippen LogP contribution is -2.22. The first-order valence-corrected chi connectivity index (χ1v) is 9.92. The summed E-state index contributed by atoms with van der Waals surface area (Å²) in [5.74, 6) is -0.371. The first-order valence-electron chi connectivity index (χ1n) is 7.67. The molecule has 3 rings (SSSR count). The van der Waals surface area contributed by atoms with Gasteiger partial charge in [0.25, 0.3) is 5.91 Å². The number of sulfonamides is 1. The van der Waals surface area contributed by atoms with E-state index in [1.165, 1.54) is 49.7 Å². The molecule has 0 saturated carbocycles. The fourth-order valence-corrected chi connectivity index (χ4v) is 4.07. The predicted molar refractivity (Wildman–Crippen MR) is 93.1 cm³/mol. The molecule has 1 amide bonds. The molecule has 0 spiro atoms. The SMILES string of the molecule is CN(C)S(=O)(=O)c1ccc(C(=O)Nc2nnc(C3CCCO3)s2)cc1. The Morgan fingerprint density at radius 2 is 2.00 bits per heavy atom. The minimum atomic E-state index is -3.52. The van der Waals surface area contributed by atoms with Crippen LogP contribution in [0, 0.1) is 0 Å². The van der Waals surface area contributed by atoms with E-state index in [1.54, 1.807) is 0 Å². The van der Waals surface area contributed by atoms with E-state index in [0.29, 0.717) is 17.3 Å². The maximum absolute atomic E-state index is 12.3. The number of carbonyl (C=O) groups is 1. The zero-order valence-corrected chi connectivity index (χ0v) is 15.4. The zero-order valence-electron chi connectivity index (χ0n) is 13.8. The predicted octanol–water partition coefficient (Wildman–Crippen LogP) is 1.89. The minimum Gasteiger partial charge on any atom is -0.371 e. The number of nitrogens with zero attached hydrogens (tertiary/aromatic N) is 3. The van der Waals surface area contributed by atoms with Gasteiger partial charge in [0.15, 0.2) is 0 Å². The summed E-state index contributed by atoms with van der Waals surface area (Å²) in [5, 5.41) is 11.8. The largest absolute Gasteiger partial charge is 0.371 e. The maximum Gasteiger partial charge on any atom is 0.257 e. The number of nitrogens with one attached hydrogen (secondary N) is 1. The molecule has 1 N–H and O–H groups in total. The van der Waals surface area contributed by atoms with Crippen LogP contribution in [0.2, 0.25) is 0 Å². The minimum absolute atomic E-state index is 0.0429. The van der Waals surface area contributed by atoms with Crippen molar-refractivity contribution in [3.63, 3.8) is 0 Å². The molecule has 1 aromatic carbocycles. The van der Waals surface area contributed by atoms with Crippen molar-refractivity contribution in [3.05, 3.63) is 34.8 Å². The average Bonchev–Trinajstić information content (AvgIpc) is 3.26. The molecule has 1 fully saturated rings. The number of anilines is 1. The van der Waals surface area contributed by atoms with E-state index in [9.17, 15) is 13.2 Å². The van der Waals surface area contributed by atoms with Crippen LogP contribution in [0.3, 0.4) is 0 Å². The van der Waals surface area contributed by atoms with E-state index in [0.717, 1.165) is 22.2 Å². The highest BCUT2D eigenvalue weighted by Gasteiger charge is 2.23. The number of hydrogen-bond acceptors (Lipinski definition) is 7. The Bertz CT molecular complexity index is 856. The van der Waals surface area contributed by atoms with Crippen LogP contribution in [-0.4, -0.2) is 49.5 Å². The van der Waals surface area contributed by atoms with E-state index in [2.05, 4.69) is 15.5 Å². The molecule has 25 heavy (non-hydrogen) atoms. The molecule has 2 heterocycles. The Kier molecular flexibility index (Phi) is 5.13. The van der Waals surface area contributed by atoms with Crippen LogP contribution in [0.25, 0.3) is 0 Å². The van der Waals surface area contributed by atoms with Gasteiger partial charge in [-0.25, -0.2) is 12.7 Å². The van der Waals surface area contributed by atoms with Crippen LogP contribution in [-0.2, 0) is 14.8 Å². The van der Waals surface area contributed by atoms with Crippen molar-refractivity contribution in [1.82, 2.24) is 14.5 Å². The molecule has 1 aromatic heterocycles. The van der Waals surface area contributed by atoms with E-state index in [-0.39, 0.29) is 16.9 Å². The summed E-state index contributed by atoms with van der Waals surface area (Å²) in [6.07, 6.45) is 1.86. The number of carbonyl (C=O) groups excluding carboxylic acids is 1. The van der Waals surface area contributed by atoms with Crippen molar-refractivity contribution in [3.8, 4) is 0 Å². The smallest absolute Gasteiger partial charge is 0.257 e. The standard InChI is InChI=1S/C15H18N4O4S2/c1-19(2)25(21,22)11-7-5-10(6-8-11)13(20)16-15-18-17-14(24-15)12-4-3-9-23-12/h5-8,12H,3-4,9H2,1-2H3,(H,16,18,20). The monoisotopic (exact) mass is 382 g/mol. The molecule has 10 heteroatoms. The molecule has 1 atom stereocenters. The Balaban J connectivity index is 1.69. The van der Waals surface area contributed by atoms with Crippen LogP contribution >= 0.6 is 11.3 Å². The van der Waals surface area contributed by atoms with Gasteiger partial charge in [0, 0.05) is 26.3 Å². The highest BCUT2D eigenvalue weighted by molar-refractivity contribution is 7.89. The van der Waals surface area contributed by atoms with Crippen LogP contribution in [0.5, 0.6) is 0 Å². The van der Waals surface area contributed by atoms with Gasteiger partial charge in [0.1, 0.15) is 11.1 Å². The molecule has 0 bridgehead atoms. The summed E-state index contributed by atoms with van der Waals surface area (Å²) >= 11 is 1.28. The second-order valence-corrected chi connectivity index (χ2v) is 8.87. The zero-order chi connectivity index (χ0) is 18.0. The van der Waals surface area contributed by atoms with Crippen molar-refractivity contribution in [2.75, 3.05) is 26.0 Å². The van der Waals surface area contributed by atoms with E-state index in [4.69, 9.17) is 4.74 Å². The third-order valence-corrected chi connectivity index (χ3v) is 6.52. The Morgan fingerprint density at radius 1 is 1.28 bits per heavy atom. The van der Waals surface area contributed by atoms with Crippen LogP contribution in [0.1, 0.15) is 34.3 Å². The number of amides is 1. The Hall–Kier alpha value is -1.88. The van der Waals surface area contributed by atoms with Crippen molar-refractivity contribution in [1.29, 1.82) is 0 Å². The van der Waals surface area contributed by atoms with E-state index < -0.39 is 10.0 Å². The molecule has 134 valence electrons. The summed E-state index contributed by atoms with van der Waals surface area (Å²) in [6.45, 7) is 0.716. The lowest BCUT2D eigenvalue weighted by molar-refractivity contribution is 0.102. The van der Waals surface area contributed by atoms with E-state index >= 15 is 0 Å². The normalized spacial score (nSPS) is 17.8. The number of rotatable bonds is 5. The van der Waals surface area contributed by atoms with Crippen molar-refractivity contribution in [2.24, 2.45) is 0 Å². The summed E-state index contributed by atoms with van der Waals surface area (Å²) < 4.78 is 30.7. The molecule has 8 nitrogen and oxygen atoms in total. The van der Waals surface area contributed by atoms with Gasteiger partial charge in [-0.3, -0.25) is 10.1 Å². The van der Waals surface area contributed by atoms with Gasteiger partial charge in [-0.1, -0.05) is 11.3 Å². The number of ether oxygens (including phenoxy) is 1. The lowest BCUT2D eigenvalue weighted by Gasteiger charge is -2.11. The first kappa shape index (κ1) is 17.9. The first-order chi connectivity index (χ1) is 11.9. The summed E-state index contributed by atoms with van der Waals surface area (Å²) in [4.78, 5) is 12.4. The van der Waals surface area contributed by atoms with Crippen molar-refractivity contribution in [2.45, 2.75) is 23.8 Å². The van der Waals surface area contributed by atoms with Gasteiger partial charge in [-0.15, -0.1) is 10.2 Å². The molecule has 0 aliphatic carbocycles. The lowest BCUT2D eigenvalue weighted by atomic mass is 10.2. The molecule has 1 saturated heterocycles. The van der Waals surface area contributed by atoms with Gasteiger partial charge >= 0.3 is 0 Å². The fourth-order valence-electron chi connectivity index (χ4n) is 2.35. The van der Waals surface area contributed by atoms with Crippen LogP contribution in [0.4, 0.5) is 5.13 Å². The molecule has 2 aromatic rings. The Morgan fingerprint density at radius 3 is 2.60 bits per heavy atom. The molecule has 1 aliphatic rings. The molecular weight excluding hydrogens is 364 g/mol. The molecular formula is C15H18N4O4S2. The highest BCUT2D eigenvalue weighted by atomic mass is 32.2. The van der Waals surface area contributed by atoms with Crippen molar-refractivity contribution < 1.29 is 17.9 Å². The quantitative estimate of drug-likeness (QED) is 0.847. The number of benzene rings is 1. The summed E-state index contributed by atoms with van der Waals surface area (Å²) in [7, 11) is -0.606. The molecule has 0 radical (unpaired) electrons. The van der Waals surface area contributed by atoms with Gasteiger partial charge in [0.05, 0.1) is 4.90 Å². The van der Waals surface area contributed by atoms with Crippen LogP contribution in [0.15, 0.2) is 29.2 Å². The third-order valence-electron chi connectivity index (χ3n) is 3.76. The fraction of sp³-hybridized carbons (Fsp3) is 0.400. The molecule has 1 aliphatic heterocycles. The third kappa shape index (κ3) is 3.87. The highest BCUT2D eigenvalue weighted by Crippen LogP contribution is 2.32. The topological polar surface area (TPSA) is 101 Å². The average molecular weight is 382 g/mol. The van der Waals surface area contributed by atoms with Gasteiger partial charge in [-0.05, 0) is 37.1 Å². The second kappa shape index (κ2) is 7.16. The molecule has 1 unspecified atom stereocenters. The van der Waals surface area contributed by atoms with Gasteiger partial charge in [-0.2, -0.15) is 0 Å². The second-order valence-electron chi connectivity index (χ2n) is 5.71. The number of hydrogen-bond donors (Lipinski definition) is 1.